The van der Waals surface area contributed by atoms with Gasteiger partial charge in [0.05, 0.1) is 18.0 Å². The summed E-state index contributed by atoms with van der Waals surface area (Å²) in [5.41, 5.74) is 0. The van der Waals surface area contributed by atoms with E-state index in [-0.39, 0.29) is 0 Å². The van der Waals surface area contributed by atoms with Gasteiger partial charge in [0.2, 0.25) is 0 Å². The summed E-state index contributed by atoms with van der Waals surface area (Å²) >= 11 is -2.34. The van der Waals surface area contributed by atoms with Gasteiger partial charge in [0.1, 0.15) is 0 Å². The van der Waals surface area contributed by atoms with Crippen molar-refractivity contribution in [3.05, 3.63) is 0 Å². The largest absolute Gasteiger partial charge is 0.750 e. The third-order valence-electron chi connectivity index (χ3n) is 2.16. The molecular weight excluding hydrogens is 178 g/mol. The molecule has 0 amide bonds. The Bertz CT molecular complexity index is 148. The number of hydrogen-bond acceptors (Lipinski definition) is 4. The Morgan fingerprint density at radius 3 is 2.75 bits per heavy atom. The highest BCUT2D eigenvalue weighted by Gasteiger charge is 2.12. The van der Waals surface area contributed by atoms with Crippen LogP contribution in [0.15, 0.2) is 0 Å². The summed E-state index contributed by atoms with van der Waals surface area (Å²) in [5, 5.41) is 3.25. The number of rotatable bonds is 4. The molecule has 5 heteroatoms. The Labute approximate surface area is 75.2 Å². The van der Waals surface area contributed by atoms with Crippen molar-refractivity contribution in [2.24, 2.45) is 5.92 Å². The van der Waals surface area contributed by atoms with Crippen molar-refractivity contribution in [1.29, 1.82) is 0 Å². The van der Waals surface area contributed by atoms with E-state index in [1.54, 1.807) is 0 Å². The zero-order valence-corrected chi connectivity index (χ0v) is 7.77. The molecule has 0 aromatic heterocycles. The molecule has 1 rings (SSSR count). The SMILES string of the molecule is O=S([O-])OCCC1CCNCC1. The lowest BCUT2D eigenvalue weighted by Gasteiger charge is -2.22. The summed E-state index contributed by atoms with van der Waals surface area (Å²) < 4.78 is 24.5. The van der Waals surface area contributed by atoms with Gasteiger partial charge in [-0.15, -0.1) is 0 Å². The van der Waals surface area contributed by atoms with Gasteiger partial charge in [-0.2, -0.15) is 0 Å². The van der Waals surface area contributed by atoms with Crippen LogP contribution in [0.5, 0.6) is 0 Å². The van der Waals surface area contributed by atoms with Gasteiger partial charge in [0.25, 0.3) is 0 Å². The van der Waals surface area contributed by atoms with E-state index in [0.717, 1.165) is 32.4 Å². The molecule has 4 nitrogen and oxygen atoms in total. The minimum atomic E-state index is -2.34. The molecule has 1 aliphatic rings. The first kappa shape index (κ1) is 10.1. The van der Waals surface area contributed by atoms with Gasteiger partial charge in [-0.05, 0) is 38.3 Å². The Morgan fingerprint density at radius 1 is 1.50 bits per heavy atom. The highest BCUT2D eigenvalue weighted by atomic mass is 32.2. The van der Waals surface area contributed by atoms with Crippen LogP contribution in [0.2, 0.25) is 0 Å². The Kier molecular flexibility index (Phi) is 4.75. The maximum atomic E-state index is 10.0. The normalized spacial score (nSPS) is 22.4. The average Bonchev–Trinajstić information content (AvgIpc) is 2.05. The molecule has 1 fully saturated rings. The molecular formula is C7H14NO3S-. The van der Waals surface area contributed by atoms with Crippen LogP contribution in [-0.4, -0.2) is 28.5 Å². The van der Waals surface area contributed by atoms with E-state index < -0.39 is 11.4 Å². The van der Waals surface area contributed by atoms with Gasteiger partial charge in [0.15, 0.2) is 0 Å². The van der Waals surface area contributed by atoms with Crippen molar-refractivity contribution in [3.63, 3.8) is 0 Å². The van der Waals surface area contributed by atoms with Crippen molar-refractivity contribution in [2.75, 3.05) is 19.7 Å². The number of nitrogens with one attached hydrogen (secondary N) is 1. The van der Waals surface area contributed by atoms with Gasteiger partial charge in [0, 0.05) is 0 Å². The summed E-state index contributed by atoms with van der Waals surface area (Å²) in [5.74, 6) is 0.634. The van der Waals surface area contributed by atoms with E-state index in [4.69, 9.17) is 0 Å². The van der Waals surface area contributed by atoms with E-state index in [1.807, 2.05) is 0 Å². The molecule has 1 N–H and O–H groups in total. The van der Waals surface area contributed by atoms with Gasteiger partial charge in [-0.1, -0.05) is 0 Å². The molecule has 1 heterocycles. The smallest absolute Gasteiger partial charge is 0.0842 e. The Balaban J connectivity index is 2.01. The predicted molar refractivity (Wildman–Crippen MR) is 45.1 cm³/mol. The summed E-state index contributed by atoms with van der Waals surface area (Å²) in [7, 11) is 0. The van der Waals surface area contributed by atoms with Crippen LogP contribution in [0.3, 0.4) is 0 Å². The summed E-state index contributed by atoms with van der Waals surface area (Å²) in [6.07, 6.45) is 3.12. The lowest BCUT2D eigenvalue weighted by Crippen LogP contribution is -2.28. The quantitative estimate of drug-likeness (QED) is 0.646. The zero-order chi connectivity index (χ0) is 8.81. The van der Waals surface area contributed by atoms with E-state index in [0.29, 0.717) is 12.5 Å². The molecule has 0 aromatic rings. The molecule has 12 heavy (non-hydrogen) atoms. The van der Waals surface area contributed by atoms with E-state index in [1.165, 1.54) is 0 Å². The van der Waals surface area contributed by atoms with Crippen molar-refractivity contribution in [2.45, 2.75) is 19.3 Å². The van der Waals surface area contributed by atoms with Crippen LogP contribution in [0.1, 0.15) is 19.3 Å². The first-order chi connectivity index (χ1) is 5.79. The van der Waals surface area contributed by atoms with Crippen LogP contribution >= 0.6 is 0 Å². The van der Waals surface area contributed by atoms with Crippen LogP contribution in [0.4, 0.5) is 0 Å². The lowest BCUT2D eigenvalue weighted by molar-refractivity contribution is 0.248. The van der Waals surface area contributed by atoms with E-state index >= 15 is 0 Å². The molecule has 0 bridgehead atoms. The minimum absolute atomic E-state index is 0.334. The minimum Gasteiger partial charge on any atom is -0.750 e. The molecule has 1 atom stereocenters. The van der Waals surface area contributed by atoms with Crippen LogP contribution < -0.4 is 5.32 Å². The molecule has 0 radical (unpaired) electrons. The predicted octanol–water partition coefficient (Wildman–Crippen LogP) is 0.187. The van der Waals surface area contributed by atoms with Crippen molar-refractivity contribution >= 4 is 11.4 Å². The van der Waals surface area contributed by atoms with E-state index in [2.05, 4.69) is 9.50 Å². The first-order valence-corrected chi connectivity index (χ1v) is 5.22. The maximum Gasteiger partial charge on any atom is 0.0842 e. The number of hydrogen-bond donors (Lipinski definition) is 1. The lowest BCUT2D eigenvalue weighted by atomic mass is 9.95. The van der Waals surface area contributed by atoms with E-state index in [9.17, 15) is 8.76 Å². The van der Waals surface area contributed by atoms with Crippen molar-refractivity contribution < 1.29 is 12.9 Å². The average molecular weight is 192 g/mol. The third-order valence-corrected chi connectivity index (χ3v) is 2.52. The highest BCUT2D eigenvalue weighted by Crippen LogP contribution is 2.15. The van der Waals surface area contributed by atoms with Crippen LogP contribution in [0.25, 0.3) is 0 Å². The van der Waals surface area contributed by atoms with Gasteiger partial charge in [-0.3, -0.25) is 0 Å². The fourth-order valence-electron chi connectivity index (χ4n) is 1.45. The Hall–Kier alpha value is 0.0300. The zero-order valence-electron chi connectivity index (χ0n) is 6.95. The fourth-order valence-corrected chi connectivity index (χ4v) is 1.69. The standard InChI is InChI=1S/C7H15NO3S/c9-12(10)11-6-3-7-1-4-8-5-2-7/h7-8H,1-6H2,(H,9,10)/p-1. The topological polar surface area (TPSA) is 61.4 Å². The van der Waals surface area contributed by atoms with Crippen molar-refractivity contribution in [1.82, 2.24) is 5.32 Å². The third kappa shape index (κ3) is 4.15. The first-order valence-electron chi connectivity index (χ1n) is 4.22. The van der Waals surface area contributed by atoms with Gasteiger partial charge >= 0.3 is 0 Å². The molecule has 1 saturated heterocycles. The van der Waals surface area contributed by atoms with Gasteiger partial charge in [-0.25, -0.2) is 4.21 Å². The highest BCUT2D eigenvalue weighted by molar-refractivity contribution is 7.74. The molecule has 0 aliphatic carbocycles. The summed E-state index contributed by atoms with van der Waals surface area (Å²) in [6, 6.07) is 0. The number of piperidine rings is 1. The molecule has 72 valence electrons. The molecule has 1 unspecified atom stereocenters. The monoisotopic (exact) mass is 192 g/mol. The second-order valence-electron chi connectivity index (χ2n) is 3.01. The second-order valence-corrected chi connectivity index (χ2v) is 3.65. The van der Waals surface area contributed by atoms with Crippen LogP contribution in [-0.2, 0) is 15.5 Å². The molecule has 0 spiro atoms. The molecule has 1 aliphatic heterocycles. The maximum absolute atomic E-state index is 10.0. The Morgan fingerprint density at radius 2 is 2.17 bits per heavy atom. The summed E-state index contributed by atoms with van der Waals surface area (Å²) in [6.45, 7) is 2.43. The van der Waals surface area contributed by atoms with Crippen molar-refractivity contribution in [3.8, 4) is 0 Å². The molecule has 0 saturated carbocycles. The second kappa shape index (κ2) is 5.64. The molecule has 0 aromatic carbocycles. The van der Waals surface area contributed by atoms with Gasteiger partial charge < -0.3 is 14.1 Å². The fraction of sp³-hybridized carbons (Fsp3) is 1.00. The summed E-state index contributed by atoms with van der Waals surface area (Å²) in [4.78, 5) is 0. The van der Waals surface area contributed by atoms with Crippen LogP contribution in [0, 0.1) is 5.92 Å².